The second kappa shape index (κ2) is 7.71. The maximum absolute atomic E-state index is 13.3. The maximum atomic E-state index is 13.3. The molecule has 2 saturated heterocycles. The molecule has 5 rings (SSSR count). The van der Waals surface area contributed by atoms with E-state index in [2.05, 4.69) is 5.16 Å². The monoisotopic (exact) mass is 429 g/mol. The SMILES string of the molecule is O=C(C1CCCO1)N1CCN(C(=O)C2(c3cc(-c4ccc(Cl)cc4)on3)CC2)CC1. The molecule has 1 unspecified atom stereocenters. The van der Waals surface area contributed by atoms with Crippen LogP contribution >= 0.6 is 11.6 Å². The molecule has 0 radical (unpaired) electrons. The van der Waals surface area contributed by atoms with Gasteiger partial charge in [-0.2, -0.15) is 0 Å². The molecule has 3 heterocycles. The third-order valence-corrected chi connectivity index (χ3v) is 6.62. The predicted molar refractivity (Wildman–Crippen MR) is 110 cm³/mol. The summed E-state index contributed by atoms with van der Waals surface area (Å²) >= 11 is 5.95. The minimum absolute atomic E-state index is 0.0600. The van der Waals surface area contributed by atoms with Crippen molar-refractivity contribution in [3.8, 4) is 11.3 Å². The molecule has 2 aliphatic heterocycles. The zero-order valence-electron chi connectivity index (χ0n) is 16.7. The molecule has 8 heteroatoms. The van der Waals surface area contributed by atoms with Crippen molar-refractivity contribution in [2.24, 2.45) is 0 Å². The van der Waals surface area contributed by atoms with Crippen LogP contribution in [-0.4, -0.2) is 65.7 Å². The van der Waals surface area contributed by atoms with E-state index in [-0.39, 0.29) is 17.9 Å². The van der Waals surface area contributed by atoms with E-state index in [1.54, 1.807) is 12.1 Å². The van der Waals surface area contributed by atoms with Crippen molar-refractivity contribution in [2.75, 3.05) is 32.8 Å². The van der Waals surface area contributed by atoms with Crippen LogP contribution in [0, 0.1) is 0 Å². The highest BCUT2D eigenvalue weighted by atomic mass is 35.5. The zero-order valence-corrected chi connectivity index (χ0v) is 17.4. The summed E-state index contributed by atoms with van der Waals surface area (Å²) in [5.41, 5.74) is 0.979. The highest BCUT2D eigenvalue weighted by Crippen LogP contribution is 2.50. The molecule has 3 aliphatic rings. The van der Waals surface area contributed by atoms with Crippen LogP contribution in [0.3, 0.4) is 0 Å². The summed E-state index contributed by atoms with van der Waals surface area (Å²) in [6, 6.07) is 9.21. The Morgan fingerprint density at radius 1 is 1.07 bits per heavy atom. The standard InChI is InChI=1S/C22H24ClN3O4/c23-16-5-3-15(4-6-16)18-14-19(24-30-18)22(7-8-22)21(28)26-11-9-25(10-12-26)20(27)17-2-1-13-29-17/h3-6,14,17H,1-2,7-13H2. The predicted octanol–water partition coefficient (Wildman–Crippen LogP) is 2.88. The van der Waals surface area contributed by atoms with Gasteiger partial charge in [-0.15, -0.1) is 0 Å². The van der Waals surface area contributed by atoms with Crippen LogP contribution in [0.1, 0.15) is 31.4 Å². The third kappa shape index (κ3) is 3.50. The summed E-state index contributed by atoms with van der Waals surface area (Å²) in [6.07, 6.45) is 2.97. The molecule has 3 fully saturated rings. The zero-order chi connectivity index (χ0) is 20.7. The molecule has 1 aromatic heterocycles. The molecule has 7 nitrogen and oxygen atoms in total. The average molecular weight is 430 g/mol. The number of amides is 2. The van der Waals surface area contributed by atoms with Crippen LogP contribution in [0.15, 0.2) is 34.9 Å². The Labute approximate surface area is 179 Å². The lowest BCUT2D eigenvalue weighted by molar-refractivity contribution is -0.146. The van der Waals surface area contributed by atoms with Crippen molar-refractivity contribution < 1.29 is 18.8 Å². The summed E-state index contributed by atoms with van der Waals surface area (Å²) in [7, 11) is 0. The lowest BCUT2D eigenvalue weighted by atomic mass is 9.99. The van der Waals surface area contributed by atoms with Crippen molar-refractivity contribution >= 4 is 23.4 Å². The van der Waals surface area contributed by atoms with Gasteiger partial charge in [-0.25, -0.2) is 0 Å². The van der Waals surface area contributed by atoms with Crippen molar-refractivity contribution in [1.82, 2.24) is 15.0 Å². The Morgan fingerprint density at radius 2 is 1.77 bits per heavy atom. The van der Waals surface area contributed by atoms with E-state index < -0.39 is 5.41 Å². The van der Waals surface area contributed by atoms with Crippen LogP contribution in [0.25, 0.3) is 11.3 Å². The number of hydrogen-bond acceptors (Lipinski definition) is 5. The summed E-state index contributed by atoms with van der Waals surface area (Å²) in [4.78, 5) is 29.5. The first-order chi connectivity index (χ1) is 14.6. The molecule has 1 saturated carbocycles. The first-order valence-corrected chi connectivity index (χ1v) is 10.9. The van der Waals surface area contributed by atoms with E-state index >= 15 is 0 Å². The summed E-state index contributed by atoms with van der Waals surface area (Å²) < 4.78 is 11.0. The molecule has 2 aromatic rings. The lowest BCUT2D eigenvalue weighted by Gasteiger charge is -2.37. The highest BCUT2D eigenvalue weighted by Gasteiger charge is 2.55. The quantitative estimate of drug-likeness (QED) is 0.747. The van der Waals surface area contributed by atoms with E-state index in [9.17, 15) is 9.59 Å². The second-order valence-electron chi connectivity index (χ2n) is 8.28. The molecule has 0 spiro atoms. The number of ether oxygens (including phenoxy) is 1. The van der Waals surface area contributed by atoms with Gasteiger partial charge >= 0.3 is 0 Å². The van der Waals surface area contributed by atoms with Crippen LogP contribution in [0.2, 0.25) is 5.02 Å². The summed E-state index contributed by atoms with van der Waals surface area (Å²) in [6.45, 7) is 2.85. The van der Waals surface area contributed by atoms with Gasteiger partial charge in [0, 0.05) is 49.4 Å². The van der Waals surface area contributed by atoms with Gasteiger partial charge in [-0.3, -0.25) is 9.59 Å². The number of carbonyl (C=O) groups is 2. The Bertz CT molecular complexity index is 940. The van der Waals surface area contributed by atoms with Crippen LogP contribution in [0.5, 0.6) is 0 Å². The number of aromatic nitrogens is 1. The topological polar surface area (TPSA) is 75.9 Å². The van der Waals surface area contributed by atoms with Crippen LogP contribution < -0.4 is 0 Å². The third-order valence-electron chi connectivity index (χ3n) is 6.37. The van der Waals surface area contributed by atoms with Crippen LogP contribution in [0.4, 0.5) is 0 Å². The normalized spacial score (nSPS) is 22.9. The number of hydrogen-bond donors (Lipinski definition) is 0. The van der Waals surface area contributed by atoms with E-state index in [0.29, 0.717) is 49.3 Å². The van der Waals surface area contributed by atoms with E-state index in [4.69, 9.17) is 20.9 Å². The first kappa shape index (κ1) is 19.6. The van der Waals surface area contributed by atoms with Gasteiger partial charge in [-0.05, 0) is 49.9 Å². The van der Waals surface area contributed by atoms with Gasteiger partial charge in [0.1, 0.15) is 6.10 Å². The molecule has 1 atom stereocenters. The Kier molecular flexibility index (Phi) is 5.03. The maximum Gasteiger partial charge on any atom is 0.251 e. The highest BCUT2D eigenvalue weighted by molar-refractivity contribution is 6.30. The van der Waals surface area contributed by atoms with Crippen molar-refractivity contribution in [1.29, 1.82) is 0 Å². The van der Waals surface area contributed by atoms with E-state index in [0.717, 1.165) is 31.2 Å². The fraction of sp³-hybridized carbons (Fsp3) is 0.500. The number of benzene rings is 1. The fourth-order valence-corrected chi connectivity index (χ4v) is 4.49. The van der Waals surface area contributed by atoms with Crippen LogP contribution in [-0.2, 0) is 19.7 Å². The number of rotatable bonds is 4. The summed E-state index contributed by atoms with van der Waals surface area (Å²) in [5.74, 6) is 0.778. The smallest absolute Gasteiger partial charge is 0.251 e. The Morgan fingerprint density at radius 3 is 2.40 bits per heavy atom. The van der Waals surface area contributed by atoms with Gasteiger partial charge in [0.25, 0.3) is 5.91 Å². The molecule has 0 bridgehead atoms. The number of nitrogens with zero attached hydrogens (tertiary/aromatic N) is 3. The van der Waals surface area contributed by atoms with E-state index in [1.807, 2.05) is 28.0 Å². The van der Waals surface area contributed by atoms with Gasteiger partial charge in [0.2, 0.25) is 5.91 Å². The van der Waals surface area contributed by atoms with Gasteiger partial charge in [0.05, 0.1) is 11.1 Å². The lowest BCUT2D eigenvalue weighted by Crippen LogP contribution is -2.54. The van der Waals surface area contributed by atoms with Gasteiger partial charge in [0.15, 0.2) is 5.76 Å². The number of carbonyl (C=O) groups excluding carboxylic acids is 2. The van der Waals surface area contributed by atoms with Crippen molar-refractivity contribution in [2.45, 2.75) is 37.2 Å². The number of piperazine rings is 1. The molecule has 158 valence electrons. The minimum atomic E-state index is -0.588. The molecule has 0 N–H and O–H groups in total. The van der Waals surface area contributed by atoms with E-state index in [1.165, 1.54) is 0 Å². The summed E-state index contributed by atoms with van der Waals surface area (Å²) in [5, 5.41) is 4.88. The molecular weight excluding hydrogens is 406 g/mol. The Hall–Kier alpha value is -2.38. The average Bonchev–Trinajstić information content (AvgIpc) is 3.18. The first-order valence-electron chi connectivity index (χ1n) is 10.5. The minimum Gasteiger partial charge on any atom is -0.368 e. The Balaban J connectivity index is 1.24. The van der Waals surface area contributed by atoms with Crippen molar-refractivity contribution in [3.05, 3.63) is 41.0 Å². The molecule has 1 aliphatic carbocycles. The molecule has 2 amide bonds. The number of halogens is 1. The molecular formula is C22H24ClN3O4. The largest absolute Gasteiger partial charge is 0.368 e. The second-order valence-corrected chi connectivity index (χ2v) is 8.72. The fourth-order valence-electron chi connectivity index (χ4n) is 4.36. The molecule has 1 aromatic carbocycles. The van der Waals surface area contributed by atoms with Gasteiger partial charge < -0.3 is 19.1 Å². The van der Waals surface area contributed by atoms with Crippen molar-refractivity contribution in [3.63, 3.8) is 0 Å². The van der Waals surface area contributed by atoms with Gasteiger partial charge in [-0.1, -0.05) is 16.8 Å². The molecule has 30 heavy (non-hydrogen) atoms.